The molecule has 1 fully saturated rings. The number of aryl methyl sites for hydroxylation is 1. The highest BCUT2D eigenvalue weighted by Gasteiger charge is 2.24. The zero-order valence-corrected chi connectivity index (χ0v) is 35.0. The van der Waals surface area contributed by atoms with E-state index in [1.807, 2.05) is 88.5 Å². The van der Waals surface area contributed by atoms with E-state index >= 15 is 0 Å². The van der Waals surface area contributed by atoms with Gasteiger partial charge in [0.25, 0.3) is 5.91 Å². The van der Waals surface area contributed by atoms with Gasteiger partial charge in [-0.1, -0.05) is 39.0 Å². The Morgan fingerprint density at radius 3 is 2.35 bits per heavy atom. The normalized spacial score (nSPS) is 14.0. The lowest BCUT2D eigenvalue weighted by atomic mass is 9.86. The molecule has 1 aliphatic rings. The molecule has 1 aliphatic heterocycles. The van der Waals surface area contributed by atoms with E-state index in [1.165, 1.54) is 7.11 Å². The van der Waals surface area contributed by atoms with Crippen LogP contribution in [-0.2, 0) is 21.9 Å². The molecule has 2 N–H and O–H groups in total. The van der Waals surface area contributed by atoms with Gasteiger partial charge in [0.05, 0.1) is 42.9 Å². The molecule has 0 aliphatic carbocycles. The first kappa shape index (κ1) is 41.3. The number of hydrogen-bond acceptors (Lipinski definition) is 9. The van der Waals surface area contributed by atoms with Crippen molar-refractivity contribution in [2.45, 2.75) is 65.2 Å². The molecule has 0 atom stereocenters. The van der Waals surface area contributed by atoms with Gasteiger partial charge in [-0.25, -0.2) is 18.4 Å². The number of ether oxygens (including phenoxy) is 2. The van der Waals surface area contributed by atoms with Crippen molar-refractivity contribution in [2.24, 2.45) is 5.92 Å². The highest BCUT2D eigenvalue weighted by atomic mass is 32.2. The second-order valence-corrected chi connectivity index (χ2v) is 17.9. The minimum Gasteiger partial charge on any atom is -0.496 e. The number of carbonyl (C=O) groups excluding carboxylic acids is 2. The summed E-state index contributed by atoms with van der Waals surface area (Å²) in [4.78, 5) is 38.8. The quantitative estimate of drug-likeness (QED) is 0.113. The predicted octanol–water partition coefficient (Wildman–Crippen LogP) is 8.44. The summed E-state index contributed by atoms with van der Waals surface area (Å²) >= 11 is 0. The lowest BCUT2D eigenvalue weighted by Crippen LogP contribution is -2.30. The van der Waals surface area contributed by atoms with Gasteiger partial charge in [-0.15, -0.1) is 0 Å². The Balaban J connectivity index is 1.19. The number of amides is 1. The number of anilines is 2. The number of nitrogens with one attached hydrogen (secondary N) is 2. The molecule has 0 saturated carbocycles. The van der Waals surface area contributed by atoms with Gasteiger partial charge in [0.15, 0.2) is 11.5 Å². The second-order valence-electron chi connectivity index (χ2n) is 16.2. The summed E-state index contributed by atoms with van der Waals surface area (Å²) in [5.74, 6) is 1.76. The van der Waals surface area contributed by atoms with E-state index in [-0.39, 0.29) is 28.5 Å². The highest BCUT2D eigenvalue weighted by molar-refractivity contribution is 7.92. The average molecular weight is 792 g/mol. The van der Waals surface area contributed by atoms with Crippen LogP contribution in [0.1, 0.15) is 89.7 Å². The molecule has 5 aromatic rings. The van der Waals surface area contributed by atoms with Gasteiger partial charge in [0.1, 0.15) is 11.6 Å². The number of carbonyl (C=O) groups is 2. The molecule has 0 spiro atoms. The van der Waals surface area contributed by atoms with E-state index in [0.717, 1.165) is 77.3 Å². The van der Waals surface area contributed by atoms with Crippen LogP contribution in [0.4, 0.5) is 11.4 Å². The standard InChI is InChI=1S/C45H53N5O6S/c1-28-9-12-32(44(52)48-38-25-34(45(2,3)4)26-39(43(38)56-7)49-57(8,53)54)24-36(28)31-13-15-37-33(23-31)27-46-42(47-37)22-30-10-14-35(41(21-30)55-6)40(51)16-11-29-17-19-50(5)20-18-29/h9-10,12-15,21,23-27,29,49H,11,16-20,22H2,1-8H3,(H,48,52). The molecule has 4 aromatic carbocycles. The highest BCUT2D eigenvalue weighted by Crippen LogP contribution is 2.39. The summed E-state index contributed by atoms with van der Waals surface area (Å²) < 4.78 is 38.2. The maximum Gasteiger partial charge on any atom is 0.255 e. The Kier molecular flexibility index (Phi) is 12.3. The van der Waals surface area contributed by atoms with Crippen molar-refractivity contribution in [1.82, 2.24) is 14.9 Å². The van der Waals surface area contributed by atoms with Crippen LogP contribution in [0.3, 0.4) is 0 Å². The number of fused-ring (bicyclic) bond motifs is 1. The zero-order chi connectivity index (χ0) is 41.1. The fraction of sp³-hybridized carbons (Fsp3) is 0.378. The summed E-state index contributed by atoms with van der Waals surface area (Å²) in [5, 5.41) is 3.81. The van der Waals surface area contributed by atoms with Gasteiger partial charge < -0.3 is 19.7 Å². The third kappa shape index (κ3) is 10.2. The minimum atomic E-state index is -3.62. The van der Waals surface area contributed by atoms with Crippen LogP contribution in [0.5, 0.6) is 11.5 Å². The van der Waals surface area contributed by atoms with Crippen molar-refractivity contribution in [1.29, 1.82) is 0 Å². The van der Waals surface area contributed by atoms with Crippen LogP contribution in [-0.4, -0.2) is 75.6 Å². The van der Waals surface area contributed by atoms with Gasteiger partial charge in [0, 0.05) is 30.0 Å². The van der Waals surface area contributed by atoms with Crippen molar-refractivity contribution in [3.05, 3.63) is 107 Å². The van der Waals surface area contributed by atoms with Crippen LogP contribution in [0.2, 0.25) is 0 Å². The molecule has 11 nitrogen and oxygen atoms in total. The largest absolute Gasteiger partial charge is 0.496 e. The number of benzene rings is 4. The number of hydrogen-bond donors (Lipinski definition) is 2. The van der Waals surface area contributed by atoms with E-state index in [4.69, 9.17) is 14.5 Å². The topological polar surface area (TPSA) is 140 Å². The van der Waals surface area contributed by atoms with Crippen LogP contribution >= 0.6 is 0 Å². The van der Waals surface area contributed by atoms with Crippen LogP contribution < -0.4 is 19.5 Å². The van der Waals surface area contributed by atoms with Gasteiger partial charge in [0.2, 0.25) is 10.0 Å². The number of rotatable bonds is 13. The summed E-state index contributed by atoms with van der Waals surface area (Å²) in [5.41, 5.74) is 6.58. The molecule has 1 saturated heterocycles. The number of sulfonamides is 1. The molecular weight excluding hydrogens is 739 g/mol. The molecule has 2 heterocycles. The summed E-state index contributed by atoms with van der Waals surface area (Å²) in [6.07, 6.45) is 7.06. The monoisotopic (exact) mass is 791 g/mol. The molecule has 6 rings (SSSR count). The maximum atomic E-state index is 13.8. The van der Waals surface area contributed by atoms with E-state index in [1.54, 1.807) is 19.2 Å². The maximum absolute atomic E-state index is 13.8. The number of nitrogens with zero attached hydrogens (tertiary/aromatic N) is 3. The molecule has 0 unspecified atom stereocenters. The molecule has 1 amide bonds. The molecule has 12 heteroatoms. The fourth-order valence-corrected chi connectivity index (χ4v) is 7.87. The van der Waals surface area contributed by atoms with Gasteiger partial charge in [-0.3, -0.25) is 14.3 Å². The molecule has 57 heavy (non-hydrogen) atoms. The predicted molar refractivity (Wildman–Crippen MR) is 227 cm³/mol. The minimum absolute atomic E-state index is 0.112. The van der Waals surface area contributed by atoms with Crippen molar-refractivity contribution in [3.8, 4) is 22.6 Å². The Morgan fingerprint density at radius 2 is 1.67 bits per heavy atom. The number of ketones is 1. The van der Waals surface area contributed by atoms with Crippen molar-refractivity contribution < 1.29 is 27.5 Å². The first-order valence-corrected chi connectivity index (χ1v) is 21.2. The number of piperidine rings is 1. The Labute approximate surface area is 336 Å². The van der Waals surface area contributed by atoms with Gasteiger partial charge in [-0.05, 0) is 134 Å². The zero-order valence-electron chi connectivity index (χ0n) is 34.2. The van der Waals surface area contributed by atoms with Crippen LogP contribution in [0, 0.1) is 12.8 Å². The Hall–Kier alpha value is -5.33. The van der Waals surface area contributed by atoms with Crippen molar-refractivity contribution in [3.63, 3.8) is 0 Å². The van der Waals surface area contributed by atoms with E-state index in [2.05, 4.69) is 27.0 Å². The third-order valence-electron chi connectivity index (χ3n) is 10.7. The van der Waals surface area contributed by atoms with E-state index in [0.29, 0.717) is 47.1 Å². The van der Waals surface area contributed by atoms with Gasteiger partial charge >= 0.3 is 0 Å². The van der Waals surface area contributed by atoms with Crippen LogP contribution in [0.25, 0.3) is 22.0 Å². The molecule has 300 valence electrons. The SMILES string of the molecule is COc1cc(Cc2ncc3cc(-c4cc(C(=O)Nc5cc(C(C)(C)C)cc(NS(C)(=O)=O)c5OC)ccc4C)ccc3n2)ccc1C(=O)CCC1CCN(C)CC1. The van der Waals surface area contributed by atoms with E-state index < -0.39 is 10.0 Å². The first-order chi connectivity index (χ1) is 27.0. The Bertz CT molecular complexity index is 2420. The number of aromatic nitrogens is 2. The van der Waals surface area contributed by atoms with Crippen molar-refractivity contribution >= 4 is 44.0 Å². The lowest BCUT2D eigenvalue weighted by molar-refractivity contribution is 0.0961. The van der Waals surface area contributed by atoms with Crippen molar-refractivity contribution in [2.75, 3.05) is 50.7 Å². The number of methoxy groups -OCH3 is 2. The second kappa shape index (κ2) is 17.0. The summed E-state index contributed by atoms with van der Waals surface area (Å²) in [6, 6.07) is 20.7. The first-order valence-electron chi connectivity index (χ1n) is 19.3. The van der Waals surface area contributed by atoms with Crippen LogP contribution in [0.15, 0.2) is 72.9 Å². The number of likely N-dealkylation sites (tertiary alicyclic amines) is 1. The number of Topliss-reactive ketones (excluding diaryl/α,β-unsaturated/α-hetero) is 1. The molecule has 0 bridgehead atoms. The molecular formula is C45H53N5O6S. The van der Waals surface area contributed by atoms with Gasteiger partial charge in [-0.2, -0.15) is 0 Å². The van der Waals surface area contributed by atoms with E-state index in [9.17, 15) is 18.0 Å². The Morgan fingerprint density at radius 1 is 0.930 bits per heavy atom. The lowest BCUT2D eigenvalue weighted by Gasteiger charge is -2.28. The fourth-order valence-electron chi connectivity index (χ4n) is 7.32. The third-order valence-corrected chi connectivity index (χ3v) is 11.3. The summed E-state index contributed by atoms with van der Waals surface area (Å²) in [7, 11) is 1.56. The smallest absolute Gasteiger partial charge is 0.255 e. The molecule has 1 aromatic heterocycles. The summed E-state index contributed by atoms with van der Waals surface area (Å²) in [6.45, 7) is 10.2. The average Bonchev–Trinajstić information content (AvgIpc) is 3.16. The molecule has 0 radical (unpaired) electrons.